The topological polar surface area (TPSA) is 86.8 Å². The van der Waals surface area contributed by atoms with Crippen LogP contribution in [0.15, 0.2) is 112 Å². The van der Waals surface area contributed by atoms with Crippen LogP contribution in [0.25, 0.3) is 0 Å². The first-order chi connectivity index (χ1) is 20.1. The van der Waals surface area contributed by atoms with Crippen molar-refractivity contribution in [2.24, 2.45) is 0 Å². The highest BCUT2D eigenvalue weighted by Crippen LogP contribution is 2.26. The molecule has 1 N–H and O–H groups in total. The van der Waals surface area contributed by atoms with Gasteiger partial charge in [-0.25, -0.2) is 8.42 Å². The van der Waals surface area contributed by atoms with Crippen molar-refractivity contribution >= 4 is 43.5 Å². The molecule has 0 aromatic heterocycles. The Bertz CT molecular complexity index is 1610. The molecule has 42 heavy (non-hydrogen) atoms. The van der Waals surface area contributed by atoms with Gasteiger partial charge in [-0.05, 0) is 61.4 Å². The fourth-order valence-corrected chi connectivity index (χ4v) is 6.26. The van der Waals surface area contributed by atoms with Crippen LogP contribution in [-0.2, 0) is 32.6 Å². The summed E-state index contributed by atoms with van der Waals surface area (Å²) in [5, 5.41) is 2.70. The summed E-state index contributed by atoms with van der Waals surface area (Å²) < 4.78 is 30.0. The van der Waals surface area contributed by atoms with Crippen LogP contribution in [0.5, 0.6) is 0 Å². The Hall–Kier alpha value is -3.95. The SMILES string of the molecule is CNC(=O)[C@@H](Cc1ccccc1)N(Cc1ccc(Br)cc1)C(=O)CN(c1ccc(C)cc1)S(=O)(=O)c1ccc(C)cc1. The summed E-state index contributed by atoms with van der Waals surface area (Å²) in [5.41, 5.74) is 3.91. The van der Waals surface area contributed by atoms with Gasteiger partial charge >= 0.3 is 0 Å². The van der Waals surface area contributed by atoms with E-state index in [9.17, 15) is 18.0 Å². The molecule has 0 saturated heterocycles. The third-order valence-corrected chi connectivity index (χ3v) is 9.31. The van der Waals surface area contributed by atoms with Crippen molar-refractivity contribution in [1.29, 1.82) is 0 Å². The highest BCUT2D eigenvalue weighted by molar-refractivity contribution is 9.10. The van der Waals surface area contributed by atoms with E-state index in [0.717, 1.165) is 31.0 Å². The maximum Gasteiger partial charge on any atom is 0.264 e. The molecule has 2 amide bonds. The maximum absolute atomic E-state index is 14.3. The Morgan fingerprint density at radius 2 is 1.36 bits per heavy atom. The van der Waals surface area contributed by atoms with Crippen molar-refractivity contribution < 1.29 is 18.0 Å². The van der Waals surface area contributed by atoms with Gasteiger partial charge in [0.05, 0.1) is 10.6 Å². The van der Waals surface area contributed by atoms with Gasteiger partial charge in [-0.2, -0.15) is 0 Å². The third-order valence-electron chi connectivity index (χ3n) is 6.99. The van der Waals surface area contributed by atoms with Crippen LogP contribution in [0.4, 0.5) is 5.69 Å². The van der Waals surface area contributed by atoms with Gasteiger partial charge in [0.1, 0.15) is 12.6 Å². The lowest BCUT2D eigenvalue weighted by Gasteiger charge is -2.33. The number of carbonyl (C=O) groups is 2. The van der Waals surface area contributed by atoms with Crippen molar-refractivity contribution in [2.75, 3.05) is 17.9 Å². The molecule has 0 unspecified atom stereocenters. The highest BCUT2D eigenvalue weighted by Gasteiger charge is 2.34. The van der Waals surface area contributed by atoms with Crippen molar-refractivity contribution in [3.63, 3.8) is 0 Å². The van der Waals surface area contributed by atoms with E-state index in [1.54, 1.807) is 48.5 Å². The van der Waals surface area contributed by atoms with Gasteiger partial charge < -0.3 is 10.2 Å². The Morgan fingerprint density at radius 1 is 0.786 bits per heavy atom. The summed E-state index contributed by atoms with van der Waals surface area (Å²) in [5.74, 6) is -0.841. The number of rotatable bonds is 11. The zero-order valence-electron chi connectivity index (χ0n) is 23.8. The Kier molecular flexibility index (Phi) is 10.2. The van der Waals surface area contributed by atoms with Crippen LogP contribution < -0.4 is 9.62 Å². The molecule has 0 radical (unpaired) electrons. The smallest absolute Gasteiger partial charge is 0.264 e. The van der Waals surface area contributed by atoms with Crippen molar-refractivity contribution in [2.45, 2.75) is 37.8 Å². The largest absolute Gasteiger partial charge is 0.357 e. The molecule has 9 heteroatoms. The second kappa shape index (κ2) is 13.8. The van der Waals surface area contributed by atoms with E-state index in [4.69, 9.17) is 0 Å². The number of nitrogens with zero attached hydrogens (tertiary/aromatic N) is 2. The minimum absolute atomic E-state index is 0.0769. The van der Waals surface area contributed by atoms with Crippen LogP contribution in [0.1, 0.15) is 22.3 Å². The van der Waals surface area contributed by atoms with E-state index in [2.05, 4.69) is 21.2 Å². The normalized spacial score (nSPS) is 11.9. The lowest BCUT2D eigenvalue weighted by atomic mass is 10.0. The number of halogens is 1. The minimum Gasteiger partial charge on any atom is -0.357 e. The van der Waals surface area contributed by atoms with Crippen LogP contribution in [-0.4, -0.2) is 44.8 Å². The first-order valence-electron chi connectivity index (χ1n) is 13.5. The molecule has 4 rings (SSSR count). The van der Waals surface area contributed by atoms with Crippen molar-refractivity contribution in [3.05, 3.63) is 130 Å². The average Bonchev–Trinajstić information content (AvgIpc) is 2.99. The number of carbonyl (C=O) groups excluding carboxylic acids is 2. The molecule has 4 aromatic carbocycles. The number of amides is 2. The molecule has 218 valence electrons. The summed E-state index contributed by atoms with van der Waals surface area (Å²) in [6.07, 6.45) is 0.262. The lowest BCUT2D eigenvalue weighted by molar-refractivity contribution is -0.139. The van der Waals surface area contributed by atoms with Crippen LogP contribution >= 0.6 is 15.9 Å². The molecule has 0 bridgehead atoms. The number of aryl methyl sites for hydroxylation is 2. The summed E-state index contributed by atoms with van der Waals surface area (Å²) in [6.45, 7) is 3.41. The zero-order valence-corrected chi connectivity index (χ0v) is 26.2. The van der Waals surface area contributed by atoms with E-state index in [1.165, 1.54) is 11.9 Å². The standard InChI is InChI=1S/C33H34BrN3O4S/c1-24-9-17-29(18-10-24)37(42(40,41)30-19-11-25(2)12-20-30)23-32(38)36(22-27-13-15-28(34)16-14-27)31(33(39)35-3)21-26-7-5-4-6-8-26/h4-20,31H,21-23H2,1-3H3,(H,35,39)/t31-/m1/s1. The first kappa shape index (κ1) is 31.0. The van der Waals surface area contributed by atoms with Gasteiger partial charge in [0, 0.05) is 24.5 Å². The summed E-state index contributed by atoms with van der Waals surface area (Å²) in [4.78, 5) is 29.1. The number of hydrogen-bond acceptors (Lipinski definition) is 4. The van der Waals surface area contributed by atoms with E-state index >= 15 is 0 Å². The molecule has 0 fully saturated rings. The molecule has 0 aliphatic carbocycles. The van der Waals surface area contributed by atoms with Gasteiger partial charge in [0.15, 0.2) is 0 Å². The maximum atomic E-state index is 14.3. The predicted octanol–water partition coefficient (Wildman–Crippen LogP) is 5.65. The summed E-state index contributed by atoms with van der Waals surface area (Å²) in [7, 11) is -2.59. The second-order valence-electron chi connectivity index (χ2n) is 10.1. The van der Waals surface area contributed by atoms with Crippen LogP contribution in [0.3, 0.4) is 0 Å². The Morgan fingerprint density at radius 3 is 1.93 bits per heavy atom. The van der Waals surface area contributed by atoms with Gasteiger partial charge in [0.2, 0.25) is 11.8 Å². The lowest BCUT2D eigenvalue weighted by Crippen LogP contribution is -2.53. The zero-order chi connectivity index (χ0) is 30.3. The predicted molar refractivity (Wildman–Crippen MR) is 170 cm³/mol. The van der Waals surface area contributed by atoms with Crippen molar-refractivity contribution in [1.82, 2.24) is 10.2 Å². The molecule has 0 spiro atoms. The number of anilines is 1. The second-order valence-corrected chi connectivity index (χ2v) is 12.9. The number of sulfonamides is 1. The monoisotopic (exact) mass is 647 g/mol. The molecule has 1 atom stereocenters. The van der Waals surface area contributed by atoms with E-state index < -0.39 is 28.5 Å². The fourth-order valence-electron chi connectivity index (χ4n) is 4.58. The van der Waals surface area contributed by atoms with Crippen LogP contribution in [0, 0.1) is 13.8 Å². The molecule has 0 aliphatic rings. The first-order valence-corrected chi connectivity index (χ1v) is 15.8. The molecular formula is C33H34BrN3O4S. The number of likely N-dealkylation sites (N-methyl/N-ethyl adjacent to an activating group) is 1. The Labute approximate surface area is 256 Å². The molecule has 4 aromatic rings. The van der Waals surface area contributed by atoms with E-state index in [-0.39, 0.29) is 23.8 Å². The summed E-state index contributed by atoms with van der Waals surface area (Å²) in [6, 6.07) is 29.6. The summed E-state index contributed by atoms with van der Waals surface area (Å²) >= 11 is 3.44. The van der Waals surface area contributed by atoms with Crippen LogP contribution in [0.2, 0.25) is 0 Å². The third kappa shape index (κ3) is 7.66. The Balaban J connectivity index is 1.77. The molecule has 0 saturated carbocycles. The van der Waals surface area contributed by atoms with Crippen molar-refractivity contribution in [3.8, 4) is 0 Å². The van der Waals surface area contributed by atoms with Gasteiger partial charge in [-0.15, -0.1) is 0 Å². The van der Waals surface area contributed by atoms with Gasteiger partial charge in [0.25, 0.3) is 10.0 Å². The highest BCUT2D eigenvalue weighted by atomic mass is 79.9. The average molecular weight is 649 g/mol. The minimum atomic E-state index is -4.12. The quantitative estimate of drug-likeness (QED) is 0.228. The van der Waals surface area contributed by atoms with E-state index in [1.807, 2.05) is 68.4 Å². The number of nitrogens with one attached hydrogen (secondary N) is 1. The number of hydrogen-bond donors (Lipinski definition) is 1. The van der Waals surface area contributed by atoms with Gasteiger partial charge in [-0.1, -0.05) is 93.8 Å². The molecular weight excluding hydrogens is 614 g/mol. The fraction of sp³-hybridized carbons (Fsp3) is 0.212. The molecule has 0 aliphatic heterocycles. The van der Waals surface area contributed by atoms with Gasteiger partial charge in [-0.3, -0.25) is 13.9 Å². The number of benzene rings is 4. The molecule has 7 nitrogen and oxygen atoms in total. The molecule has 0 heterocycles. The van der Waals surface area contributed by atoms with E-state index in [0.29, 0.717) is 5.69 Å².